The van der Waals surface area contributed by atoms with Gasteiger partial charge in [0.05, 0.1) is 0 Å². The van der Waals surface area contributed by atoms with E-state index in [1.165, 1.54) is 0 Å². The third-order valence-corrected chi connectivity index (χ3v) is 1.99. The van der Waals surface area contributed by atoms with E-state index in [0.717, 1.165) is 0 Å². The maximum atomic E-state index is 10.2. The molecule has 1 aromatic rings. The lowest BCUT2D eigenvalue weighted by Gasteiger charge is -2.05. The molecule has 0 N–H and O–H groups in total. The number of carbonyl (C=O) groups is 1. The van der Waals surface area contributed by atoms with Gasteiger partial charge in [-0.25, -0.2) is 9.97 Å². The molecule has 0 fully saturated rings. The lowest BCUT2D eigenvalue weighted by Crippen LogP contribution is -2.25. The molecule has 7 heteroatoms. The van der Waals surface area contributed by atoms with E-state index in [2.05, 4.69) is 9.97 Å². The molecule has 0 saturated carbocycles. The molecule has 0 aromatic carbocycles. The van der Waals surface area contributed by atoms with E-state index in [1.807, 2.05) is 0 Å². The van der Waals surface area contributed by atoms with Crippen LogP contribution < -0.4 is 5.11 Å². The fraction of sp³-hybridized carbons (Fsp3) is 0.167. The van der Waals surface area contributed by atoms with Crippen LogP contribution in [-0.4, -0.2) is 15.9 Å². The van der Waals surface area contributed by atoms with Crippen LogP contribution in [0.15, 0.2) is 0 Å². The molecule has 0 amide bonds. The molecular weight excluding hydrogens is 238 g/mol. The molecule has 4 nitrogen and oxygen atoms in total. The normalized spacial score (nSPS) is 10.1. The van der Waals surface area contributed by atoms with Gasteiger partial charge < -0.3 is 9.90 Å². The van der Waals surface area contributed by atoms with Crippen LogP contribution in [0, 0.1) is 0 Å². The van der Waals surface area contributed by atoms with Gasteiger partial charge in [0.15, 0.2) is 0 Å². The number of aromatic nitrogens is 2. The summed E-state index contributed by atoms with van der Waals surface area (Å²) in [5, 5.41) is 9.96. The second kappa shape index (κ2) is 4.09. The van der Waals surface area contributed by atoms with E-state index in [4.69, 9.17) is 34.8 Å². The predicted octanol–water partition coefficient (Wildman–Crippen LogP) is 0.729. The zero-order chi connectivity index (χ0) is 10.0. The van der Waals surface area contributed by atoms with Gasteiger partial charge >= 0.3 is 0 Å². The van der Waals surface area contributed by atoms with E-state index < -0.39 is 12.4 Å². The summed E-state index contributed by atoms with van der Waals surface area (Å²) in [7, 11) is 0. The molecule has 0 aliphatic carbocycles. The van der Waals surface area contributed by atoms with Crippen LogP contribution in [0.25, 0.3) is 0 Å². The molecule has 1 rings (SSSR count). The highest BCUT2D eigenvalue weighted by atomic mass is 35.5. The molecule has 0 saturated heterocycles. The summed E-state index contributed by atoms with van der Waals surface area (Å²) in [6.07, 6.45) is -0.436. The SMILES string of the molecule is O=C([O-])Cc1c(Cl)nc(Cl)nc1Cl. The molecule has 1 aromatic heterocycles. The van der Waals surface area contributed by atoms with Gasteiger partial charge in [-0.05, 0) is 11.6 Å². The van der Waals surface area contributed by atoms with Crippen molar-refractivity contribution in [1.29, 1.82) is 0 Å². The average Bonchev–Trinajstić information content (AvgIpc) is 1.96. The van der Waals surface area contributed by atoms with Crippen molar-refractivity contribution < 1.29 is 9.90 Å². The van der Waals surface area contributed by atoms with Gasteiger partial charge in [0.1, 0.15) is 10.3 Å². The number of rotatable bonds is 2. The Labute approximate surface area is 88.5 Å². The number of aliphatic carboxylic acids is 1. The number of carboxylic acids is 1. The second-order valence-corrected chi connectivity index (χ2v) is 3.16. The number of carboxylic acid groups (broad SMARTS) is 1. The van der Waals surface area contributed by atoms with E-state index in [9.17, 15) is 9.90 Å². The minimum atomic E-state index is -1.31. The fourth-order valence-corrected chi connectivity index (χ4v) is 1.47. The summed E-state index contributed by atoms with van der Waals surface area (Å²) in [4.78, 5) is 17.3. The molecule has 0 atom stereocenters. The monoisotopic (exact) mass is 239 g/mol. The molecule has 0 radical (unpaired) electrons. The van der Waals surface area contributed by atoms with Crippen molar-refractivity contribution >= 4 is 40.8 Å². The van der Waals surface area contributed by atoms with Gasteiger partial charge in [-0.2, -0.15) is 0 Å². The number of hydrogen-bond acceptors (Lipinski definition) is 4. The van der Waals surface area contributed by atoms with Crippen LogP contribution in [-0.2, 0) is 11.2 Å². The number of halogens is 3. The van der Waals surface area contributed by atoms with Gasteiger partial charge in [-0.1, -0.05) is 23.2 Å². The minimum absolute atomic E-state index is 0.0748. The topological polar surface area (TPSA) is 65.9 Å². The van der Waals surface area contributed by atoms with Crippen molar-refractivity contribution in [3.05, 3.63) is 21.2 Å². The largest absolute Gasteiger partial charge is 0.550 e. The number of hydrogen-bond donors (Lipinski definition) is 0. The third-order valence-electron chi connectivity index (χ3n) is 1.20. The second-order valence-electron chi connectivity index (χ2n) is 2.10. The Morgan fingerprint density at radius 1 is 1.23 bits per heavy atom. The lowest BCUT2D eigenvalue weighted by molar-refractivity contribution is -0.304. The van der Waals surface area contributed by atoms with E-state index in [-0.39, 0.29) is 21.2 Å². The molecule has 0 bridgehead atoms. The maximum Gasteiger partial charge on any atom is 0.225 e. The average molecular weight is 240 g/mol. The number of carbonyl (C=O) groups excluding carboxylic acids is 1. The Bertz CT molecular complexity index is 333. The highest BCUT2D eigenvalue weighted by Crippen LogP contribution is 2.22. The first-order chi connectivity index (χ1) is 6.00. The smallest absolute Gasteiger partial charge is 0.225 e. The molecule has 0 aliphatic rings. The van der Waals surface area contributed by atoms with Gasteiger partial charge in [0.25, 0.3) is 0 Å². The molecule has 13 heavy (non-hydrogen) atoms. The Morgan fingerprint density at radius 2 is 1.69 bits per heavy atom. The van der Waals surface area contributed by atoms with Crippen LogP contribution in [0.5, 0.6) is 0 Å². The third kappa shape index (κ3) is 2.69. The Hall–Kier alpha value is -0.580. The summed E-state index contributed by atoms with van der Waals surface area (Å²) in [5.41, 5.74) is 0.104. The van der Waals surface area contributed by atoms with Crippen molar-refractivity contribution in [3.63, 3.8) is 0 Å². The van der Waals surface area contributed by atoms with E-state index >= 15 is 0 Å². The summed E-state index contributed by atoms with van der Waals surface area (Å²) in [5.74, 6) is -1.31. The zero-order valence-corrected chi connectivity index (χ0v) is 8.32. The molecule has 0 aliphatic heterocycles. The molecule has 1 heterocycles. The fourth-order valence-electron chi connectivity index (χ4n) is 0.697. The highest BCUT2D eigenvalue weighted by molar-refractivity contribution is 6.36. The molecular formula is C6H2Cl3N2O2-. The van der Waals surface area contributed by atoms with Crippen molar-refractivity contribution in [1.82, 2.24) is 9.97 Å². The van der Waals surface area contributed by atoms with E-state index in [1.54, 1.807) is 0 Å². The molecule has 0 unspecified atom stereocenters. The predicted molar refractivity (Wildman–Crippen MR) is 45.8 cm³/mol. The summed E-state index contributed by atoms with van der Waals surface area (Å²) in [6, 6.07) is 0. The zero-order valence-electron chi connectivity index (χ0n) is 6.05. The van der Waals surface area contributed by atoms with Crippen LogP contribution >= 0.6 is 34.8 Å². The first-order valence-electron chi connectivity index (χ1n) is 3.08. The first kappa shape index (κ1) is 10.5. The van der Waals surface area contributed by atoms with Crippen LogP contribution in [0.2, 0.25) is 15.6 Å². The highest BCUT2D eigenvalue weighted by Gasteiger charge is 2.10. The van der Waals surface area contributed by atoms with Gasteiger partial charge in [-0.3, -0.25) is 0 Å². The van der Waals surface area contributed by atoms with Crippen LogP contribution in [0.4, 0.5) is 0 Å². The van der Waals surface area contributed by atoms with Crippen LogP contribution in [0.3, 0.4) is 0 Å². The van der Waals surface area contributed by atoms with Gasteiger partial charge in [-0.15, -0.1) is 0 Å². The van der Waals surface area contributed by atoms with Gasteiger partial charge in [0, 0.05) is 18.0 Å². The van der Waals surface area contributed by atoms with Crippen molar-refractivity contribution in [2.45, 2.75) is 6.42 Å². The Balaban J connectivity index is 3.13. The van der Waals surface area contributed by atoms with Gasteiger partial charge in [0.2, 0.25) is 5.28 Å². The minimum Gasteiger partial charge on any atom is -0.550 e. The van der Waals surface area contributed by atoms with Crippen molar-refractivity contribution in [2.24, 2.45) is 0 Å². The summed E-state index contributed by atoms with van der Waals surface area (Å²) >= 11 is 16.5. The molecule has 70 valence electrons. The standard InChI is InChI=1S/C6H3Cl3N2O2/c7-4-2(1-3(12)13)5(8)11-6(9)10-4/h1H2,(H,12,13)/p-1. The molecule has 0 spiro atoms. The maximum absolute atomic E-state index is 10.2. The Kier molecular flexibility index (Phi) is 3.30. The van der Waals surface area contributed by atoms with E-state index in [0.29, 0.717) is 0 Å². The van der Waals surface area contributed by atoms with Crippen molar-refractivity contribution in [3.8, 4) is 0 Å². The quantitative estimate of drug-likeness (QED) is 0.564. The number of nitrogens with zero attached hydrogens (tertiary/aromatic N) is 2. The lowest BCUT2D eigenvalue weighted by atomic mass is 10.2. The first-order valence-corrected chi connectivity index (χ1v) is 4.21. The van der Waals surface area contributed by atoms with Crippen LogP contribution in [0.1, 0.15) is 5.56 Å². The summed E-state index contributed by atoms with van der Waals surface area (Å²) < 4.78 is 0. The Morgan fingerprint density at radius 3 is 2.08 bits per heavy atom. The van der Waals surface area contributed by atoms with Crippen molar-refractivity contribution in [2.75, 3.05) is 0 Å². The summed E-state index contributed by atoms with van der Waals surface area (Å²) in [6.45, 7) is 0.